The Morgan fingerprint density at radius 2 is 1.52 bits per heavy atom. The fourth-order valence-electron chi connectivity index (χ4n) is 2.41. The average molecular weight is 363 g/mol. The van der Waals surface area contributed by atoms with E-state index in [0.29, 0.717) is 0 Å². The monoisotopic (exact) mass is 363 g/mol. The maximum absolute atomic E-state index is 8.88. The first-order valence-electron chi connectivity index (χ1n) is 7.81. The van der Waals surface area contributed by atoms with Crippen LogP contribution in [0.1, 0.15) is 5.56 Å². The highest BCUT2D eigenvalue weighted by Gasteiger charge is 2.12. The van der Waals surface area contributed by atoms with Gasteiger partial charge in [0.05, 0.1) is 13.1 Å². The molecular formula is C17H22N3O4P. The fraction of sp³-hybridized carbons (Fsp3) is 0.235. The summed E-state index contributed by atoms with van der Waals surface area (Å²) in [5, 5.41) is 3.35. The Labute approximate surface area is 146 Å². The zero-order valence-electron chi connectivity index (χ0n) is 13.7. The van der Waals surface area contributed by atoms with E-state index in [1.807, 2.05) is 0 Å². The number of hydrogen-bond donors (Lipinski definition) is 4. The molecule has 0 amide bonds. The van der Waals surface area contributed by atoms with E-state index in [2.05, 4.69) is 75.9 Å². The SMILES string of the molecule is O=P(O)(O)O.c1ccc(CN(CC2=NCCN2)c2ccccc2)cc1. The van der Waals surface area contributed by atoms with Crippen LogP contribution in [0.2, 0.25) is 0 Å². The number of nitrogens with zero attached hydrogens (tertiary/aromatic N) is 2. The lowest BCUT2D eigenvalue weighted by Crippen LogP contribution is -2.34. The smallest absolute Gasteiger partial charge is 0.370 e. The zero-order valence-corrected chi connectivity index (χ0v) is 14.6. The minimum absolute atomic E-state index is 0.832. The van der Waals surface area contributed by atoms with Crippen molar-refractivity contribution in [2.24, 2.45) is 4.99 Å². The lowest BCUT2D eigenvalue weighted by atomic mass is 10.2. The molecule has 134 valence electrons. The Bertz CT molecular complexity index is 711. The van der Waals surface area contributed by atoms with Crippen LogP contribution in [0.4, 0.5) is 5.69 Å². The van der Waals surface area contributed by atoms with Gasteiger partial charge in [-0.2, -0.15) is 0 Å². The lowest BCUT2D eigenvalue weighted by Gasteiger charge is -2.25. The molecule has 7 nitrogen and oxygen atoms in total. The quantitative estimate of drug-likeness (QED) is 0.604. The third kappa shape index (κ3) is 7.96. The number of phosphoric acid groups is 1. The predicted octanol–water partition coefficient (Wildman–Crippen LogP) is 1.77. The number of para-hydroxylation sites is 1. The third-order valence-corrected chi connectivity index (χ3v) is 3.42. The molecule has 0 radical (unpaired) electrons. The number of amidine groups is 1. The molecule has 3 rings (SSSR count). The summed E-state index contributed by atoms with van der Waals surface area (Å²) < 4.78 is 8.88. The fourth-order valence-corrected chi connectivity index (χ4v) is 2.41. The van der Waals surface area contributed by atoms with Gasteiger partial charge in [-0.15, -0.1) is 0 Å². The summed E-state index contributed by atoms with van der Waals surface area (Å²) in [6, 6.07) is 21.1. The molecule has 2 aromatic carbocycles. The molecule has 1 aliphatic heterocycles. The molecule has 0 atom stereocenters. The molecule has 8 heteroatoms. The Hall–Kier alpha value is -2.18. The van der Waals surface area contributed by atoms with E-state index in [0.717, 1.165) is 32.0 Å². The van der Waals surface area contributed by atoms with Crippen LogP contribution in [0.5, 0.6) is 0 Å². The number of nitrogens with one attached hydrogen (secondary N) is 1. The Morgan fingerprint density at radius 1 is 0.960 bits per heavy atom. The van der Waals surface area contributed by atoms with Crippen LogP contribution >= 0.6 is 7.82 Å². The van der Waals surface area contributed by atoms with Crippen molar-refractivity contribution in [2.75, 3.05) is 24.5 Å². The summed E-state index contributed by atoms with van der Waals surface area (Å²) in [4.78, 5) is 28.4. The summed E-state index contributed by atoms with van der Waals surface area (Å²) in [7, 11) is -4.64. The van der Waals surface area contributed by atoms with Crippen molar-refractivity contribution in [1.82, 2.24) is 5.32 Å². The first-order valence-corrected chi connectivity index (χ1v) is 9.38. The predicted molar refractivity (Wildman–Crippen MR) is 98.5 cm³/mol. The molecule has 2 aromatic rings. The van der Waals surface area contributed by atoms with E-state index in [4.69, 9.17) is 19.2 Å². The molecule has 0 aliphatic carbocycles. The minimum atomic E-state index is -4.64. The van der Waals surface area contributed by atoms with Crippen molar-refractivity contribution in [3.05, 3.63) is 66.2 Å². The Kier molecular flexibility index (Phi) is 7.16. The second-order valence-corrected chi connectivity index (χ2v) is 6.47. The molecule has 0 fully saturated rings. The van der Waals surface area contributed by atoms with Crippen LogP contribution in [-0.4, -0.2) is 40.2 Å². The molecule has 0 bridgehead atoms. The lowest BCUT2D eigenvalue weighted by molar-refractivity contribution is 0.275. The molecule has 25 heavy (non-hydrogen) atoms. The minimum Gasteiger partial charge on any atom is -0.370 e. The van der Waals surface area contributed by atoms with Gasteiger partial charge in [-0.1, -0.05) is 48.5 Å². The maximum atomic E-state index is 8.88. The second kappa shape index (κ2) is 9.34. The summed E-state index contributed by atoms with van der Waals surface area (Å²) in [5.41, 5.74) is 2.54. The maximum Gasteiger partial charge on any atom is 0.466 e. The van der Waals surface area contributed by atoms with E-state index in [1.165, 1.54) is 11.3 Å². The molecule has 1 aliphatic rings. The number of aliphatic imine (C=N–C) groups is 1. The molecular weight excluding hydrogens is 341 g/mol. The largest absolute Gasteiger partial charge is 0.466 e. The summed E-state index contributed by atoms with van der Waals surface area (Å²) >= 11 is 0. The van der Waals surface area contributed by atoms with E-state index < -0.39 is 7.82 Å². The number of rotatable bonds is 5. The molecule has 0 aromatic heterocycles. The molecule has 4 N–H and O–H groups in total. The topological polar surface area (TPSA) is 105 Å². The summed E-state index contributed by atoms with van der Waals surface area (Å²) in [6.07, 6.45) is 0. The molecule has 0 saturated heterocycles. The van der Waals surface area contributed by atoms with Gasteiger partial charge < -0.3 is 24.9 Å². The van der Waals surface area contributed by atoms with Gasteiger partial charge in [0.15, 0.2) is 0 Å². The van der Waals surface area contributed by atoms with Crippen molar-refractivity contribution < 1.29 is 19.2 Å². The van der Waals surface area contributed by atoms with Gasteiger partial charge in [0.2, 0.25) is 0 Å². The van der Waals surface area contributed by atoms with Crippen LogP contribution in [0.15, 0.2) is 65.7 Å². The average Bonchev–Trinajstić information content (AvgIpc) is 3.08. The van der Waals surface area contributed by atoms with Crippen LogP contribution in [0.25, 0.3) is 0 Å². The highest BCUT2D eigenvalue weighted by molar-refractivity contribution is 7.45. The van der Waals surface area contributed by atoms with Crippen LogP contribution in [0.3, 0.4) is 0 Å². The van der Waals surface area contributed by atoms with E-state index >= 15 is 0 Å². The molecule has 0 saturated carbocycles. The van der Waals surface area contributed by atoms with Crippen molar-refractivity contribution in [3.63, 3.8) is 0 Å². The first kappa shape index (κ1) is 19.1. The van der Waals surface area contributed by atoms with Crippen molar-refractivity contribution in [3.8, 4) is 0 Å². The van der Waals surface area contributed by atoms with Crippen LogP contribution < -0.4 is 10.2 Å². The number of anilines is 1. The van der Waals surface area contributed by atoms with Crippen molar-refractivity contribution in [1.29, 1.82) is 0 Å². The van der Waals surface area contributed by atoms with E-state index in [9.17, 15) is 0 Å². The van der Waals surface area contributed by atoms with Gasteiger partial charge in [0.1, 0.15) is 5.84 Å². The van der Waals surface area contributed by atoms with Gasteiger partial charge >= 0.3 is 7.82 Å². The molecule has 0 unspecified atom stereocenters. The van der Waals surface area contributed by atoms with Gasteiger partial charge in [-0.25, -0.2) is 4.57 Å². The van der Waals surface area contributed by atoms with Crippen molar-refractivity contribution in [2.45, 2.75) is 6.54 Å². The van der Waals surface area contributed by atoms with Gasteiger partial charge in [0, 0.05) is 18.8 Å². The molecule has 0 spiro atoms. The Balaban J connectivity index is 0.000000399. The summed E-state index contributed by atoms with van der Waals surface area (Å²) in [5.74, 6) is 1.09. The van der Waals surface area contributed by atoms with E-state index in [1.54, 1.807) is 0 Å². The van der Waals surface area contributed by atoms with Crippen LogP contribution in [0, 0.1) is 0 Å². The highest BCUT2D eigenvalue weighted by Crippen LogP contribution is 2.25. The third-order valence-electron chi connectivity index (χ3n) is 3.42. The molecule has 1 heterocycles. The standard InChI is InChI=1S/C17H19N3.H3O4P/c1-3-7-15(8-4-1)13-20(14-17-18-11-12-19-17)16-9-5-2-6-10-16;1-5(2,3)4/h1-10H,11-14H2,(H,18,19);(H3,1,2,3,4). The first-order chi connectivity index (χ1) is 11.9. The number of benzene rings is 2. The van der Waals surface area contributed by atoms with Gasteiger partial charge in [-0.05, 0) is 17.7 Å². The van der Waals surface area contributed by atoms with Crippen LogP contribution in [-0.2, 0) is 11.1 Å². The van der Waals surface area contributed by atoms with Gasteiger partial charge in [0.25, 0.3) is 0 Å². The van der Waals surface area contributed by atoms with E-state index in [-0.39, 0.29) is 0 Å². The normalized spacial score (nSPS) is 13.3. The Morgan fingerprint density at radius 3 is 2.04 bits per heavy atom. The number of hydrogen-bond acceptors (Lipinski definition) is 4. The second-order valence-electron chi connectivity index (χ2n) is 5.45. The summed E-state index contributed by atoms with van der Waals surface area (Å²) in [6.45, 7) is 3.58. The zero-order chi connectivity index (χ0) is 18.1. The van der Waals surface area contributed by atoms with Crippen molar-refractivity contribution >= 4 is 19.3 Å². The van der Waals surface area contributed by atoms with Gasteiger partial charge in [-0.3, -0.25) is 4.99 Å². The highest BCUT2D eigenvalue weighted by atomic mass is 31.2.